The Labute approximate surface area is 98.8 Å². The summed E-state index contributed by atoms with van der Waals surface area (Å²) in [5.41, 5.74) is 7.13. The first kappa shape index (κ1) is 11.4. The number of nitrogens with zero attached hydrogens (tertiary/aromatic N) is 2. The van der Waals surface area contributed by atoms with Crippen LogP contribution in [0.3, 0.4) is 0 Å². The minimum absolute atomic E-state index is 0.0903. The van der Waals surface area contributed by atoms with E-state index < -0.39 is 0 Å². The number of anilines is 1. The lowest BCUT2D eigenvalue weighted by Crippen LogP contribution is -2.50. The van der Waals surface area contributed by atoms with Crippen molar-refractivity contribution in [1.29, 1.82) is 0 Å². The lowest BCUT2D eigenvalue weighted by atomic mass is 10.1. The van der Waals surface area contributed by atoms with Crippen molar-refractivity contribution in [2.24, 2.45) is 0 Å². The van der Waals surface area contributed by atoms with Crippen molar-refractivity contribution in [3.63, 3.8) is 0 Å². The first-order chi connectivity index (χ1) is 8.08. The van der Waals surface area contributed by atoms with Crippen LogP contribution in [0, 0.1) is 6.92 Å². The number of nitrogen functional groups attached to an aromatic ring is 1. The van der Waals surface area contributed by atoms with E-state index in [-0.39, 0.29) is 18.4 Å². The van der Waals surface area contributed by atoms with E-state index in [9.17, 15) is 9.59 Å². The number of aromatic nitrogens is 1. The summed E-state index contributed by atoms with van der Waals surface area (Å²) in [7, 11) is 0. The highest BCUT2D eigenvalue weighted by Crippen LogP contribution is 2.13. The van der Waals surface area contributed by atoms with Crippen LogP contribution in [-0.2, 0) is 4.79 Å². The Morgan fingerprint density at radius 1 is 1.59 bits per heavy atom. The molecule has 1 aromatic rings. The minimum Gasteiger partial charge on any atom is -0.397 e. The van der Waals surface area contributed by atoms with Gasteiger partial charge in [-0.2, -0.15) is 0 Å². The molecule has 1 fully saturated rings. The molecule has 1 saturated heterocycles. The number of piperazine rings is 1. The van der Waals surface area contributed by atoms with E-state index in [4.69, 9.17) is 5.73 Å². The van der Waals surface area contributed by atoms with Crippen molar-refractivity contribution in [2.75, 3.05) is 25.4 Å². The summed E-state index contributed by atoms with van der Waals surface area (Å²) in [5, 5.41) is 2.67. The van der Waals surface area contributed by atoms with E-state index in [0.29, 0.717) is 30.0 Å². The van der Waals surface area contributed by atoms with Gasteiger partial charge in [-0.05, 0) is 13.0 Å². The molecule has 0 radical (unpaired) electrons. The van der Waals surface area contributed by atoms with Crippen molar-refractivity contribution in [3.05, 3.63) is 23.5 Å². The monoisotopic (exact) mass is 234 g/mol. The average molecular weight is 234 g/mol. The molecule has 0 saturated carbocycles. The van der Waals surface area contributed by atoms with Gasteiger partial charge in [-0.3, -0.25) is 14.6 Å². The molecule has 1 aliphatic rings. The first-order valence-electron chi connectivity index (χ1n) is 5.36. The first-order valence-corrected chi connectivity index (χ1v) is 5.36. The molecule has 0 unspecified atom stereocenters. The molecule has 0 aliphatic carbocycles. The fourth-order valence-electron chi connectivity index (χ4n) is 1.75. The van der Waals surface area contributed by atoms with Crippen molar-refractivity contribution in [1.82, 2.24) is 15.2 Å². The van der Waals surface area contributed by atoms with Crippen LogP contribution >= 0.6 is 0 Å². The summed E-state index contributed by atoms with van der Waals surface area (Å²) in [6, 6.07) is 1.59. The van der Waals surface area contributed by atoms with E-state index in [1.807, 2.05) is 0 Å². The third-order valence-electron chi connectivity index (χ3n) is 2.66. The Morgan fingerprint density at radius 2 is 2.35 bits per heavy atom. The Morgan fingerprint density at radius 3 is 3.06 bits per heavy atom. The molecule has 1 aromatic heterocycles. The van der Waals surface area contributed by atoms with E-state index in [1.54, 1.807) is 13.0 Å². The molecule has 0 spiro atoms. The van der Waals surface area contributed by atoms with Gasteiger partial charge in [0.15, 0.2) is 0 Å². The standard InChI is InChI=1S/C11H14N4O2/c1-7-9(4-8(12)5-14-7)11(17)15-3-2-13-10(16)6-15/h4-5H,2-3,6,12H2,1H3,(H,13,16). The largest absolute Gasteiger partial charge is 0.397 e. The second kappa shape index (κ2) is 4.40. The highest BCUT2D eigenvalue weighted by atomic mass is 16.2. The molecule has 2 heterocycles. The van der Waals surface area contributed by atoms with Crippen molar-refractivity contribution in [2.45, 2.75) is 6.92 Å². The van der Waals surface area contributed by atoms with Gasteiger partial charge < -0.3 is 16.0 Å². The summed E-state index contributed by atoms with van der Waals surface area (Å²) < 4.78 is 0. The quantitative estimate of drug-likeness (QED) is 0.688. The zero-order valence-electron chi connectivity index (χ0n) is 9.56. The smallest absolute Gasteiger partial charge is 0.256 e. The van der Waals surface area contributed by atoms with E-state index in [1.165, 1.54) is 11.1 Å². The van der Waals surface area contributed by atoms with Crippen molar-refractivity contribution < 1.29 is 9.59 Å². The molecule has 2 rings (SSSR count). The maximum absolute atomic E-state index is 12.2. The fraction of sp³-hybridized carbons (Fsp3) is 0.364. The summed E-state index contributed by atoms with van der Waals surface area (Å²) in [4.78, 5) is 28.9. The van der Waals surface area contributed by atoms with Gasteiger partial charge in [0, 0.05) is 13.1 Å². The van der Waals surface area contributed by atoms with E-state index >= 15 is 0 Å². The normalized spacial score (nSPS) is 15.6. The molecule has 6 heteroatoms. The molecular formula is C11H14N4O2. The maximum atomic E-state index is 12.2. The van der Waals surface area contributed by atoms with Crippen LogP contribution < -0.4 is 11.1 Å². The van der Waals surface area contributed by atoms with Gasteiger partial charge in [0.1, 0.15) is 0 Å². The van der Waals surface area contributed by atoms with Gasteiger partial charge in [0.25, 0.3) is 5.91 Å². The molecule has 0 atom stereocenters. The second-order valence-corrected chi connectivity index (χ2v) is 3.98. The van der Waals surface area contributed by atoms with Crippen LogP contribution in [0.15, 0.2) is 12.3 Å². The topological polar surface area (TPSA) is 88.3 Å². The van der Waals surface area contributed by atoms with Crippen LogP contribution in [0.1, 0.15) is 16.1 Å². The SMILES string of the molecule is Cc1ncc(N)cc1C(=O)N1CCNC(=O)C1. The van der Waals surface area contributed by atoms with Gasteiger partial charge in [-0.25, -0.2) is 0 Å². The van der Waals surface area contributed by atoms with E-state index in [2.05, 4.69) is 10.3 Å². The number of nitrogens with one attached hydrogen (secondary N) is 1. The minimum atomic E-state index is -0.197. The molecule has 2 amide bonds. The lowest BCUT2D eigenvalue weighted by molar-refractivity contribution is -0.123. The zero-order valence-corrected chi connectivity index (χ0v) is 9.56. The van der Waals surface area contributed by atoms with E-state index in [0.717, 1.165) is 0 Å². The van der Waals surface area contributed by atoms with Crippen molar-refractivity contribution in [3.8, 4) is 0 Å². The van der Waals surface area contributed by atoms with Gasteiger partial charge in [-0.15, -0.1) is 0 Å². The van der Waals surface area contributed by atoms with Gasteiger partial charge in [0.2, 0.25) is 5.91 Å². The predicted octanol–water partition coefficient (Wildman–Crippen LogP) is -0.456. The number of hydrogen-bond acceptors (Lipinski definition) is 4. The molecule has 0 bridgehead atoms. The second-order valence-electron chi connectivity index (χ2n) is 3.98. The number of amides is 2. The molecule has 90 valence electrons. The van der Waals surface area contributed by atoms with Crippen LogP contribution in [0.25, 0.3) is 0 Å². The van der Waals surface area contributed by atoms with Gasteiger partial charge >= 0.3 is 0 Å². The van der Waals surface area contributed by atoms with Gasteiger partial charge in [0.05, 0.1) is 29.7 Å². The summed E-state index contributed by atoms with van der Waals surface area (Å²) in [6.45, 7) is 2.84. The van der Waals surface area contributed by atoms with Crippen LogP contribution in [-0.4, -0.2) is 41.3 Å². The van der Waals surface area contributed by atoms with Crippen LogP contribution in [0.4, 0.5) is 5.69 Å². The molecule has 0 aromatic carbocycles. The van der Waals surface area contributed by atoms with Crippen LogP contribution in [0.2, 0.25) is 0 Å². The van der Waals surface area contributed by atoms with Crippen LogP contribution in [0.5, 0.6) is 0 Å². The summed E-state index contributed by atoms with van der Waals surface area (Å²) >= 11 is 0. The number of nitrogens with two attached hydrogens (primary N) is 1. The number of pyridine rings is 1. The average Bonchev–Trinajstić information content (AvgIpc) is 2.31. The third-order valence-corrected chi connectivity index (χ3v) is 2.66. The Hall–Kier alpha value is -2.11. The molecule has 17 heavy (non-hydrogen) atoms. The highest BCUT2D eigenvalue weighted by molar-refractivity contribution is 5.98. The Kier molecular flexibility index (Phi) is 2.95. The molecular weight excluding hydrogens is 220 g/mol. The third kappa shape index (κ3) is 2.35. The lowest BCUT2D eigenvalue weighted by Gasteiger charge is -2.27. The maximum Gasteiger partial charge on any atom is 0.256 e. The molecule has 1 aliphatic heterocycles. The Bertz CT molecular complexity index is 473. The number of hydrogen-bond donors (Lipinski definition) is 2. The molecule has 3 N–H and O–H groups in total. The predicted molar refractivity (Wildman–Crippen MR) is 62.3 cm³/mol. The fourth-order valence-corrected chi connectivity index (χ4v) is 1.75. The number of carbonyl (C=O) groups excluding carboxylic acids is 2. The van der Waals surface area contributed by atoms with Gasteiger partial charge in [-0.1, -0.05) is 0 Å². The van der Waals surface area contributed by atoms with Crippen molar-refractivity contribution >= 4 is 17.5 Å². The summed E-state index contributed by atoms with van der Waals surface area (Å²) in [5.74, 6) is -0.337. The highest BCUT2D eigenvalue weighted by Gasteiger charge is 2.23. The Balaban J connectivity index is 2.24. The number of carbonyl (C=O) groups is 2. The summed E-state index contributed by atoms with van der Waals surface area (Å²) in [6.07, 6.45) is 1.51. The molecule has 6 nitrogen and oxygen atoms in total. The zero-order chi connectivity index (χ0) is 12.4. The number of rotatable bonds is 1. The number of aryl methyl sites for hydroxylation is 1.